The molecule has 0 bridgehead atoms. The summed E-state index contributed by atoms with van der Waals surface area (Å²) in [5.41, 5.74) is 1.31. The van der Waals surface area contributed by atoms with Crippen LogP contribution in [-0.4, -0.2) is 85.4 Å². The van der Waals surface area contributed by atoms with Crippen LogP contribution in [0.2, 0.25) is 0 Å². The first-order chi connectivity index (χ1) is 39.8. The van der Waals surface area contributed by atoms with E-state index < -0.39 is 30.1 Å². The van der Waals surface area contributed by atoms with Gasteiger partial charge in [-0.05, 0) is 188 Å². The van der Waals surface area contributed by atoms with Crippen LogP contribution in [-0.2, 0) is 33.4 Å². The third-order valence-corrected chi connectivity index (χ3v) is 15.3. The first-order valence-corrected chi connectivity index (χ1v) is 29.5. The molecule has 2 saturated carbocycles. The number of hydrogen-bond acceptors (Lipinski definition) is 18. The Kier molecular flexibility index (Phi) is 24.8. The van der Waals surface area contributed by atoms with Crippen molar-refractivity contribution < 1.29 is 67.0 Å². The topological polar surface area (TPSA) is 208 Å². The molecule has 82 heavy (non-hydrogen) atoms. The third kappa shape index (κ3) is 20.1. The number of rotatable bonds is 32. The summed E-state index contributed by atoms with van der Waals surface area (Å²) in [7, 11) is 0. The average molecular weight is 1140 g/mol. The molecule has 1 atom stereocenters. The van der Waals surface area contributed by atoms with Gasteiger partial charge in [0, 0.05) is 30.2 Å². The number of anilines is 1. The van der Waals surface area contributed by atoms with E-state index in [4.69, 9.17) is 48.0 Å². The molecule has 0 aliphatic heterocycles. The molecule has 0 spiro atoms. The molecule has 438 valence electrons. The Bertz CT molecular complexity index is 2860. The number of carbonyl (C=O) groups excluding carboxylic acids is 5. The number of nitrogens with zero attached hydrogens (tertiary/aromatic N) is 3. The minimum Gasteiger partial charge on any atom is -0.494 e. The maximum Gasteiger partial charge on any atom is 0.330 e. The first kappa shape index (κ1) is 62.0. The molecule has 0 saturated heterocycles. The zero-order chi connectivity index (χ0) is 58.1. The summed E-state index contributed by atoms with van der Waals surface area (Å²) >= 11 is 1.53. The van der Waals surface area contributed by atoms with E-state index in [2.05, 4.69) is 27.0 Å². The molecular weight excluding hydrogens is 1070 g/mol. The summed E-state index contributed by atoms with van der Waals surface area (Å²) in [6.45, 7) is 13.4. The molecule has 2 aliphatic rings. The summed E-state index contributed by atoms with van der Waals surface area (Å²) in [5, 5.41) is 18.9. The number of hydrogen-bond donors (Lipinski definition) is 1. The van der Waals surface area contributed by atoms with Crippen LogP contribution >= 0.6 is 11.3 Å². The summed E-state index contributed by atoms with van der Waals surface area (Å²) in [6, 6.07) is 26.8. The molecule has 0 radical (unpaired) electrons. The predicted molar refractivity (Wildman–Crippen MR) is 313 cm³/mol. The maximum absolute atomic E-state index is 13.9. The molecule has 4 aromatic carbocycles. The first-order valence-electron chi connectivity index (χ1n) is 28.7. The number of unbranched alkanes of at least 4 members (excludes halogenated alkanes) is 6. The van der Waals surface area contributed by atoms with Gasteiger partial charge < -0.3 is 43.0 Å². The highest BCUT2D eigenvalue weighted by Crippen LogP contribution is 2.36. The van der Waals surface area contributed by atoms with E-state index in [1.165, 1.54) is 11.3 Å². The van der Waals surface area contributed by atoms with Gasteiger partial charge >= 0.3 is 29.8 Å². The van der Waals surface area contributed by atoms with Gasteiger partial charge in [-0.3, -0.25) is 14.4 Å². The van der Waals surface area contributed by atoms with Gasteiger partial charge in [-0.2, -0.15) is 5.10 Å². The lowest BCUT2D eigenvalue weighted by Gasteiger charge is -2.30. The summed E-state index contributed by atoms with van der Waals surface area (Å²) in [6.07, 6.45) is 13.6. The minimum absolute atomic E-state index is 0.229. The smallest absolute Gasteiger partial charge is 0.330 e. The van der Waals surface area contributed by atoms with Gasteiger partial charge in [0.25, 0.3) is 0 Å². The van der Waals surface area contributed by atoms with Crippen molar-refractivity contribution in [2.24, 2.45) is 34.7 Å². The lowest BCUT2D eigenvalue weighted by atomic mass is 9.81. The Morgan fingerprint density at radius 1 is 0.610 bits per heavy atom. The summed E-state index contributed by atoms with van der Waals surface area (Å²) in [5.74, 6) is -0.316. The minimum atomic E-state index is -1.18. The van der Waals surface area contributed by atoms with Crippen molar-refractivity contribution in [3.05, 3.63) is 122 Å². The molecule has 17 nitrogen and oxygen atoms in total. The molecule has 2 fully saturated rings. The lowest BCUT2D eigenvalue weighted by Crippen LogP contribution is -2.33. The Hall–Kier alpha value is -7.57. The third-order valence-electron chi connectivity index (χ3n) is 14.2. The fourth-order valence-electron chi connectivity index (χ4n) is 9.61. The van der Waals surface area contributed by atoms with Crippen LogP contribution in [0.1, 0.15) is 122 Å². The van der Waals surface area contributed by atoms with E-state index in [9.17, 15) is 29.1 Å². The largest absolute Gasteiger partial charge is 0.494 e. The van der Waals surface area contributed by atoms with Crippen molar-refractivity contribution in [1.29, 1.82) is 0 Å². The Labute approximate surface area is 484 Å². The number of aliphatic hydroxyl groups is 1. The number of hydrazone groups is 1. The standard InChI is InChI=1S/C64H77N3O14S/c1-5-58(68)76-39-15-9-7-13-37-74-50-27-31-52(32-28-50)78-60(70)45-19-21-47(22-20-45)62(72)80-54-35-36-56(49(41-54)42-65-67(43-44(3)4)64-66-55-17-11-12-18-57(55)82-64)81-63(73)48-25-23-46(24-26-48)61(71)79-53-33-29-51(30-34-53)75-38-14-8-10-16-40-77-59(69)6-2/h5-6,11-12,17-18,27-36,41-42,44-48,62,72H,1-2,7-10,13-16,19-26,37-40,43H2,3-4H3/b65-42+/t45-,46-,47-,48-,62?. The van der Waals surface area contributed by atoms with Crippen LogP contribution in [0.25, 0.3) is 10.2 Å². The molecule has 2 aliphatic carbocycles. The van der Waals surface area contributed by atoms with E-state index in [1.807, 2.05) is 29.3 Å². The van der Waals surface area contributed by atoms with Gasteiger partial charge in [-0.25, -0.2) is 19.6 Å². The van der Waals surface area contributed by atoms with Crippen LogP contribution < -0.4 is 33.4 Å². The van der Waals surface area contributed by atoms with Crippen LogP contribution in [0.15, 0.2) is 121 Å². The number of aliphatic hydroxyl groups excluding tert-OH is 1. The number of benzene rings is 4. The number of esters is 5. The second-order valence-electron chi connectivity index (χ2n) is 21.0. The Balaban J connectivity index is 0.897. The van der Waals surface area contributed by atoms with Crippen molar-refractivity contribution in [3.8, 4) is 34.5 Å². The second kappa shape index (κ2) is 32.8. The highest BCUT2D eigenvalue weighted by Gasteiger charge is 2.34. The number of carbonyl (C=O) groups is 5. The quantitative estimate of drug-likeness (QED) is 0.00808. The zero-order valence-corrected chi connectivity index (χ0v) is 47.9. The van der Waals surface area contributed by atoms with Gasteiger partial charge in [0.05, 0.1) is 60.6 Å². The van der Waals surface area contributed by atoms with Gasteiger partial charge in [0.1, 0.15) is 34.5 Å². The highest BCUT2D eigenvalue weighted by molar-refractivity contribution is 7.22. The van der Waals surface area contributed by atoms with E-state index in [0.29, 0.717) is 124 Å². The van der Waals surface area contributed by atoms with Gasteiger partial charge in [0.15, 0.2) is 6.29 Å². The Morgan fingerprint density at radius 2 is 1.07 bits per heavy atom. The van der Waals surface area contributed by atoms with E-state index in [-0.39, 0.29) is 41.4 Å². The molecule has 1 N–H and O–H groups in total. The predicted octanol–water partition coefficient (Wildman–Crippen LogP) is 12.6. The average Bonchev–Trinajstić information content (AvgIpc) is 3.98. The van der Waals surface area contributed by atoms with E-state index >= 15 is 0 Å². The highest BCUT2D eigenvalue weighted by atomic mass is 32.1. The molecule has 0 amide bonds. The SMILES string of the molecule is C=CC(=O)OCCCCCCOc1ccc(OC(=O)[C@H]2CC[C@H](C(=O)Oc3ccc(OC(O)[C@H]4CC[C@H](C(=O)Oc5ccc(OCCCCCCOC(=O)C=C)cc5)CC4)cc3/C=N/N(CC(C)C)c3nc4ccccc4s3)CC2)cc1. The van der Waals surface area contributed by atoms with E-state index in [0.717, 1.165) is 73.7 Å². The molecular formula is C64H77N3O14S. The number of aromatic nitrogens is 1. The Morgan fingerprint density at radius 3 is 1.57 bits per heavy atom. The number of thiazole rings is 1. The summed E-state index contributed by atoms with van der Waals surface area (Å²) in [4.78, 5) is 67.6. The second-order valence-corrected chi connectivity index (χ2v) is 22.0. The molecule has 5 aromatic rings. The molecule has 1 aromatic heterocycles. The fraction of sp³-hybridized carbons (Fsp3) is 0.453. The maximum atomic E-state index is 13.9. The zero-order valence-electron chi connectivity index (χ0n) is 47.1. The molecule has 1 unspecified atom stereocenters. The number of para-hydroxylation sites is 1. The van der Waals surface area contributed by atoms with Crippen LogP contribution in [0, 0.1) is 29.6 Å². The van der Waals surface area contributed by atoms with Gasteiger partial charge in [-0.1, -0.05) is 50.5 Å². The van der Waals surface area contributed by atoms with Gasteiger partial charge in [0.2, 0.25) is 5.13 Å². The van der Waals surface area contributed by atoms with Crippen molar-refractivity contribution in [2.75, 3.05) is 38.0 Å². The monoisotopic (exact) mass is 1140 g/mol. The number of fused-ring (bicyclic) bond motifs is 1. The normalized spacial score (nSPS) is 17.3. The number of ether oxygens (including phenoxy) is 8. The van der Waals surface area contributed by atoms with Crippen LogP contribution in [0.3, 0.4) is 0 Å². The van der Waals surface area contributed by atoms with E-state index in [1.54, 1.807) is 72.9 Å². The molecule has 1 heterocycles. The van der Waals surface area contributed by atoms with Gasteiger partial charge in [-0.15, -0.1) is 0 Å². The summed E-state index contributed by atoms with van der Waals surface area (Å²) < 4.78 is 46.5. The van der Waals surface area contributed by atoms with Crippen molar-refractivity contribution in [3.63, 3.8) is 0 Å². The van der Waals surface area contributed by atoms with Crippen LogP contribution in [0.5, 0.6) is 34.5 Å². The molecule has 18 heteroatoms. The van der Waals surface area contributed by atoms with Crippen LogP contribution in [0.4, 0.5) is 5.13 Å². The van der Waals surface area contributed by atoms with Crippen molar-refractivity contribution >= 4 is 62.7 Å². The van der Waals surface area contributed by atoms with Crippen molar-refractivity contribution in [2.45, 2.75) is 123 Å². The fourth-order valence-corrected chi connectivity index (χ4v) is 10.5. The molecule has 7 rings (SSSR count). The van der Waals surface area contributed by atoms with Crippen molar-refractivity contribution in [1.82, 2.24) is 4.98 Å². The lowest BCUT2D eigenvalue weighted by molar-refractivity contribution is -0.145.